The van der Waals surface area contributed by atoms with E-state index < -0.39 is 65.7 Å². The first kappa shape index (κ1) is 26.2. The molecule has 0 aliphatic carbocycles. The van der Waals surface area contributed by atoms with Crippen molar-refractivity contribution < 1.29 is 52.5 Å². The summed E-state index contributed by atoms with van der Waals surface area (Å²) in [6.45, 7) is 5.08. The maximum Gasteiger partial charge on any atom is 0.303 e. The van der Waals surface area contributed by atoms with Crippen molar-refractivity contribution in [3.8, 4) is 0 Å². The predicted molar refractivity (Wildman–Crippen MR) is 107 cm³/mol. The Hall–Kier alpha value is -3.02. The first-order valence-electron chi connectivity index (χ1n) is 10.5. The Morgan fingerprint density at radius 2 is 1.48 bits per heavy atom. The number of hydrogen-bond acceptors (Lipinski definition) is 11. The van der Waals surface area contributed by atoms with Crippen LogP contribution in [0.4, 0.5) is 0 Å². The molecule has 1 spiro atoms. The second-order valence-corrected chi connectivity index (χ2v) is 8.05. The van der Waals surface area contributed by atoms with Crippen LogP contribution in [0.25, 0.3) is 0 Å². The minimum atomic E-state index is -1.51. The first-order chi connectivity index (χ1) is 15.4. The second kappa shape index (κ2) is 10.7. The standard InChI is InChI=1S/C21H29NO11/c1-11(23)22-10-21(8-6-7-17(22)28)20(32-15(5)27)19(31-14(4)26)18(30-13(3)25)16(33-21)9-29-12(2)24/h16,18-20H,6-10H2,1-5H3/t16-,18-,19+,20-,21-/m1/s1. The van der Waals surface area contributed by atoms with Crippen LogP contribution < -0.4 is 0 Å². The molecule has 2 amide bonds. The van der Waals surface area contributed by atoms with Crippen molar-refractivity contribution in [3.63, 3.8) is 0 Å². The Bertz CT molecular complexity index is 825. The molecule has 12 heteroatoms. The minimum absolute atomic E-state index is 0.0394. The third-order valence-corrected chi connectivity index (χ3v) is 5.34. The van der Waals surface area contributed by atoms with Crippen LogP contribution >= 0.6 is 0 Å². The number of nitrogens with zero attached hydrogens (tertiary/aromatic N) is 1. The Labute approximate surface area is 190 Å². The molecule has 2 heterocycles. The van der Waals surface area contributed by atoms with Crippen LogP contribution in [0, 0.1) is 0 Å². The molecule has 12 nitrogen and oxygen atoms in total. The van der Waals surface area contributed by atoms with Crippen molar-refractivity contribution in [3.05, 3.63) is 0 Å². The highest BCUT2D eigenvalue weighted by Crippen LogP contribution is 2.41. The van der Waals surface area contributed by atoms with Crippen LogP contribution in [-0.2, 0) is 52.5 Å². The van der Waals surface area contributed by atoms with Crippen molar-refractivity contribution in [2.45, 2.75) is 83.9 Å². The SMILES string of the molecule is CC(=O)OC[C@H]1O[C@@]2(CCCC(=O)N(C(C)=O)C2)[C@H](OC(C)=O)[C@@H](OC(C)=O)[C@@H]1OC(C)=O. The van der Waals surface area contributed by atoms with Crippen LogP contribution in [0.15, 0.2) is 0 Å². The lowest BCUT2D eigenvalue weighted by Crippen LogP contribution is -2.70. The monoisotopic (exact) mass is 471 g/mol. The van der Waals surface area contributed by atoms with E-state index in [-0.39, 0.29) is 32.4 Å². The predicted octanol–water partition coefficient (Wildman–Crippen LogP) is 0.0412. The lowest BCUT2D eigenvalue weighted by Gasteiger charge is -2.51. The number of esters is 4. The van der Waals surface area contributed by atoms with Crippen molar-refractivity contribution in [1.29, 1.82) is 0 Å². The highest BCUT2D eigenvalue weighted by Gasteiger charge is 2.61. The van der Waals surface area contributed by atoms with Gasteiger partial charge in [-0.1, -0.05) is 0 Å². The van der Waals surface area contributed by atoms with Gasteiger partial charge in [-0.2, -0.15) is 0 Å². The third-order valence-electron chi connectivity index (χ3n) is 5.34. The number of carbonyl (C=O) groups is 6. The average Bonchev–Trinajstić information content (AvgIpc) is 2.84. The van der Waals surface area contributed by atoms with Crippen molar-refractivity contribution in [1.82, 2.24) is 4.90 Å². The smallest absolute Gasteiger partial charge is 0.303 e. The van der Waals surface area contributed by atoms with Gasteiger partial charge in [0, 0.05) is 41.0 Å². The van der Waals surface area contributed by atoms with Crippen molar-refractivity contribution in [2.75, 3.05) is 13.2 Å². The molecule has 0 aromatic rings. The van der Waals surface area contributed by atoms with Gasteiger partial charge in [-0.25, -0.2) is 0 Å². The van der Waals surface area contributed by atoms with E-state index in [1.165, 1.54) is 13.8 Å². The number of amides is 2. The number of rotatable bonds is 5. The summed E-state index contributed by atoms with van der Waals surface area (Å²) >= 11 is 0. The fraction of sp³-hybridized carbons (Fsp3) is 0.714. The Balaban J connectivity index is 2.63. The van der Waals surface area contributed by atoms with Gasteiger partial charge in [0.05, 0.1) is 6.54 Å². The van der Waals surface area contributed by atoms with E-state index in [0.29, 0.717) is 0 Å². The number of likely N-dealkylation sites (tertiary alicyclic amines) is 1. The molecule has 2 fully saturated rings. The fourth-order valence-corrected chi connectivity index (χ4v) is 4.18. The molecule has 5 atom stereocenters. The van der Waals surface area contributed by atoms with Gasteiger partial charge in [0.25, 0.3) is 0 Å². The van der Waals surface area contributed by atoms with Gasteiger partial charge >= 0.3 is 23.9 Å². The van der Waals surface area contributed by atoms with Crippen molar-refractivity contribution in [2.24, 2.45) is 0 Å². The summed E-state index contributed by atoms with van der Waals surface area (Å²) in [5.74, 6) is -3.87. The molecule has 2 saturated heterocycles. The zero-order chi connectivity index (χ0) is 24.9. The number of imide groups is 1. The zero-order valence-corrected chi connectivity index (χ0v) is 19.3. The topological polar surface area (TPSA) is 152 Å². The molecule has 0 bridgehead atoms. The molecule has 2 rings (SSSR count). The summed E-state index contributed by atoms with van der Waals surface area (Å²) in [5, 5.41) is 0. The van der Waals surface area contributed by atoms with Gasteiger partial charge in [0.2, 0.25) is 11.8 Å². The van der Waals surface area contributed by atoms with E-state index in [0.717, 1.165) is 25.7 Å². The van der Waals surface area contributed by atoms with Crippen LogP contribution in [-0.4, -0.2) is 83.8 Å². The van der Waals surface area contributed by atoms with E-state index in [1.807, 2.05) is 0 Å². The molecule has 0 N–H and O–H groups in total. The molecular weight excluding hydrogens is 442 g/mol. The molecule has 0 radical (unpaired) electrons. The van der Waals surface area contributed by atoms with Gasteiger partial charge in [-0.05, 0) is 12.8 Å². The molecule has 33 heavy (non-hydrogen) atoms. The van der Waals surface area contributed by atoms with Gasteiger partial charge in [-0.3, -0.25) is 33.7 Å². The summed E-state index contributed by atoms with van der Waals surface area (Å²) in [6, 6.07) is 0. The quantitative estimate of drug-likeness (QED) is 0.395. The second-order valence-electron chi connectivity index (χ2n) is 8.05. The lowest BCUT2D eigenvalue weighted by molar-refractivity contribution is -0.288. The third kappa shape index (κ3) is 6.50. The van der Waals surface area contributed by atoms with E-state index >= 15 is 0 Å². The molecule has 0 saturated carbocycles. The average molecular weight is 471 g/mol. The number of carbonyl (C=O) groups excluding carboxylic acids is 6. The summed E-state index contributed by atoms with van der Waals surface area (Å²) in [7, 11) is 0. The Morgan fingerprint density at radius 3 is 2.00 bits per heavy atom. The normalized spacial score (nSPS) is 29.6. The lowest BCUT2D eigenvalue weighted by atomic mass is 9.81. The molecule has 2 aliphatic rings. The van der Waals surface area contributed by atoms with E-state index in [9.17, 15) is 28.8 Å². The first-order valence-corrected chi connectivity index (χ1v) is 10.5. The van der Waals surface area contributed by atoms with Gasteiger partial charge in [-0.15, -0.1) is 0 Å². The highest BCUT2D eigenvalue weighted by molar-refractivity contribution is 5.94. The van der Waals surface area contributed by atoms with Gasteiger partial charge < -0.3 is 23.7 Å². The van der Waals surface area contributed by atoms with E-state index in [2.05, 4.69) is 0 Å². The molecule has 2 aliphatic heterocycles. The fourth-order valence-electron chi connectivity index (χ4n) is 4.18. The molecule has 0 aromatic heterocycles. The van der Waals surface area contributed by atoms with E-state index in [1.54, 1.807) is 0 Å². The summed E-state index contributed by atoms with van der Waals surface area (Å²) in [4.78, 5) is 72.9. The van der Waals surface area contributed by atoms with Gasteiger partial charge in [0.15, 0.2) is 18.3 Å². The Kier molecular flexibility index (Phi) is 8.53. The highest BCUT2D eigenvalue weighted by atomic mass is 16.7. The van der Waals surface area contributed by atoms with Crippen LogP contribution in [0.2, 0.25) is 0 Å². The molecular formula is C21H29NO11. The minimum Gasteiger partial charge on any atom is -0.463 e. The summed E-state index contributed by atoms with van der Waals surface area (Å²) < 4.78 is 27.6. The van der Waals surface area contributed by atoms with Crippen LogP contribution in [0.5, 0.6) is 0 Å². The van der Waals surface area contributed by atoms with E-state index in [4.69, 9.17) is 23.7 Å². The van der Waals surface area contributed by atoms with Crippen LogP contribution in [0.1, 0.15) is 53.9 Å². The zero-order valence-electron chi connectivity index (χ0n) is 19.3. The Morgan fingerprint density at radius 1 is 0.909 bits per heavy atom. The maximum atomic E-state index is 12.5. The molecule has 0 aromatic carbocycles. The number of ether oxygens (including phenoxy) is 5. The molecule has 184 valence electrons. The number of hydrogen-bond donors (Lipinski definition) is 0. The van der Waals surface area contributed by atoms with Crippen molar-refractivity contribution >= 4 is 35.7 Å². The van der Waals surface area contributed by atoms with Crippen LogP contribution in [0.3, 0.4) is 0 Å². The maximum absolute atomic E-state index is 12.5. The summed E-state index contributed by atoms with van der Waals surface area (Å²) in [5.41, 5.74) is -1.51. The largest absolute Gasteiger partial charge is 0.463 e. The van der Waals surface area contributed by atoms with Gasteiger partial charge in [0.1, 0.15) is 18.3 Å². The molecule has 0 unspecified atom stereocenters. The summed E-state index contributed by atoms with van der Waals surface area (Å²) in [6.07, 6.45) is -4.68.